The maximum Gasteiger partial charge on any atom is 0.573 e. The molecule has 0 aliphatic rings. The molecule has 0 unspecified atom stereocenters. The molecule has 0 atom stereocenters. The Hall–Kier alpha value is -3.23. The molecule has 146 valence electrons. The fourth-order valence-electron chi connectivity index (χ4n) is 2.44. The van der Waals surface area contributed by atoms with Gasteiger partial charge in [0.1, 0.15) is 11.5 Å². The van der Waals surface area contributed by atoms with Gasteiger partial charge in [-0.2, -0.15) is 0 Å². The summed E-state index contributed by atoms with van der Waals surface area (Å²) in [6.45, 7) is 0. The molecule has 3 nitrogen and oxygen atoms in total. The third-order valence-corrected chi connectivity index (χ3v) is 3.56. The van der Waals surface area contributed by atoms with E-state index in [-0.39, 0.29) is 11.5 Å². The highest BCUT2D eigenvalue weighted by atomic mass is 19.4. The van der Waals surface area contributed by atoms with Gasteiger partial charge in [0.2, 0.25) is 0 Å². The first-order chi connectivity index (χ1) is 13.1. The molecule has 0 saturated heterocycles. The van der Waals surface area contributed by atoms with Crippen molar-refractivity contribution >= 4 is 0 Å². The number of benzene rings is 2. The lowest BCUT2D eigenvalue weighted by Gasteiger charge is -2.10. The van der Waals surface area contributed by atoms with Crippen LogP contribution in [0.1, 0.15) is 0 Å². The van der Waals surface area contributed by atoms with Crippen LogP contribution in [-0.2, 0) is 0 Å². The van der Waals surface area contributed by atoms with Gasteiger partial charge in [-0.15, -0.1) is 26.3 Å². The van der Waals surface area contributed by atoms with Gasteiger partial charge >= 0.3 is 12.7 Å². The van der Waals surface area contributed by atoms with E-state index in [0.29, 0.717) is 22.4 Å². The molecule has 0 spiro atoms. The number of rotatable bonds is 4. The van der Waals surface area contributed by atoms with E-state index in [4.69, 9.17) is 0 Å². The average molecular weight is 399 g/mol. The molecular formula is C19H11F6NO2. The third kappa shape index (κ3) is 5.38. The van der Waals surface area contributed by atoms with E-state index in [2.05, 4.69) is 14.5 Å². The van der Waals surface area contributed by atoms with Crippen molar-refractivity contribution in [3.63, 3.8) is 0 Å². The van der Waals surface area contributed by atoms with Crippen LogP contribution in [0.4, 0.5) is 26.3 Å². The Morgan fingerprint density at radius 3 is 1.50 bits per heavy atom. The molecule has 0 radical (unpaired) electrons. The molecule has 28 heavy (non-hydrogen) atoms. The number of pyridine rings is 1. The Morgan fingerprint density at radius 1 is 0.571 bits per heavy atom. The van der Waals surface area contributed by atoms with Gasteiger partial charge in [0.15, 0.2) is 0 Å². The van der Waals surface area contributed by atoms with Crippen molar-refractivity contribution in [2.75, 3.05) is 0 Å². The lowest BCUT2D eigenvalue weighted by Crippen LogP contribution is -2.16. The van der Waals surface area contributed by atoms with Crippen molar-refractivity contribution in [3.05, 3.63) is 66.9 Å². The highest BCUT2D eigenvalue weighted by Gasteiger charge is 2.31. The van der Waals surface area contributed by atoms with Crippen LogP contribution in [0.15, 0.2) is 66.9 Å². The van der Waals surface area contributed by atoms with E-state index in [0.717, 1.165) is 0 Å². The van der Waals surface area contributed by atoms with Gasteiger partial charge in [0.25, 0.3) is 0 Å². The summed E-state index contributed by atoms with van der Waals surface area (Å²) in [5.74, 6) is -0.696. The van der Waals surface area contributed by atoms with Gasteiger partial charge in [-0.3, -0.25) is 4.98 Å². The highest BCUT2D eigenvalue weighted by Crippen LogP contribution is 2.30. The van der Waals surface area contributed by atoms with Gasteiger partial charge in [-0.1, -0.05) is 12.1 Å². The number of aromatic nitrogens is 1. The van der Waals surface area contributed by atoms with E-state index >= 15 is 0 Å². The predicted molar refractivity (Wildman–Crippen MR) is 88.5 cm³/mol. The lowest BCUT2D eigenvalue weighted by molar-refractivity contribution is -0.275. The average Bonchev–Trinajstić information content (AvgIpc) is 2.60. The topological polar surface area (TPSA) is 31.4 Å². The molecule has 0 aliphatic heterocycles. The summed E-state index contributed by atoms with van der Waals surface area (Å²) in [6, 6.07) is 13.8. The van der Waals surface area contributed by atoms with E-state index in [1.165, 1.54) is 54.7 Å². The Morgan fingerprint density at radius 2 is 1.04 bits per heavy atom. The Labute approximate surface area is 155 Å². The molecule has 3 aromatic rings. The second-order valence-corrected chi connectivity index (χ2v) is 5.57. The van der Waals surface area contributed by atoms with Gasteiger partial charge < -0.3 is 9.47 Å². The molecule has 0 aliphatic carbocycles. The molecule has 1 heterocycles. The largest absolute Gasteiger partial charge is 0.573 e. The van der Waals surface area contributed by atoms with E-state index in [9.17, 15) is 26.3 Å². The minimum Gasteiger partial charge on any atom is -0.406 e. The van der Waals surface area contributed by atoms with Crippen LogP contribution in [0.2, 0.25) is 0 Å². The van der Waals surface area contributed by atoms with Crippen LogP contribution >= 0.6 is 0 Å². The van der Waals surface area contributed by atoms with Crippen molar-refractivity contribution in [1.29, 1.82) is 0 Å². The Kier molecular flexibility index (Phi) is 5.17. The molecule has 0 saturated carbocycles. The first-order valence-corrected chi connectivity index (χ1v) is 7.77. The minimum atomic E-state index is -4.78. The molecule has 0 fully saturated rings. The standard InChI is InChI=1S/C19H11F6NO2/c20-18(21,22)27-15-5-1-12(2-6-15)14-9-10-26-17(11-14)13-3-7-16(8-4-13)28-19(23,24)25/h1-11H. The minimum absolute atomic E-state index is 0.342. The molecule has 3 rings (SSSR count). The predicted octanol–water partition coefficient (Wildman–Crippen LogP) is 6.21. The number of ether oxygens (including phenoxy) is 2. The first-order valence-electron chi connectivity index (χ1n) is 7.77. The molecule has 0 bridgehead atoms. The highest BCUT2D eigenvalue weighted by molar-refractivity contribution is 5.70. The number of halogens is 6. The Balaban J connectivity index is 1.80. The van der Waals surface area contributed by atoms with Crippen molar-refractivity contribution in [2.45, 2.75) is 12.7 Å². The first kappa shape index (κ1) is 19.5. The van der Waals surface area contributed by atoms with Crippen LogP contribution in [0.3, 0.4) is 0 Å². The zero-order valence-corrected chi connectivity index (χ0v) is 13.9. The quantitative estimate of drug-likeness (QED) is 0.489. The SMILES string of the molecule is FC(F)(F)Oc1ccc(-c2ccnc(-c3ccc(OC(F)(F)F)cc3)c2)cc1. The summed E-state index contributed by atoms with van der Waals surface area (Å²) in [5, 5.41) is 0. The second-order valence-electron chi connectivity index (χ2n) is 5.57. The van der Waals surface area contributed by atoms with Gasteiger partial charge in [0, 0.05) is 11.8 Å². The summed E-state index contributed by atoms with van der Waals surface area (Å²) < 4.78 is 81.0. The van der Waals surface area contributed by atoms with E-state index < -0.39 is 12.7 Å². The maximum absolute atomic E-state index is 12.2. The van der Waals surface area contributed by atoms with Crippen LogP contribution in [0.5, 0.6) is 11.5 Å². The van der Waals surface area contributed by atoms with Crippen molar-refractivity contribution in [3.8, 4) is 33.9 Å². The van der Waals surface area contributed by atoms with E-state index in [1.807, 2.05) is 0 Å². The summed E-state index contributed by atoms with van der Waals surface area (Å²) in [7, 11) is 0. The lowest BCUT2D eigenvalue weighted by atomic mass is 10.0. The van der Waals surface area contributed by atoms with Crippen LogP contribution in [0.25, 0.3) is 22.4 Å². The fourth-order valence-corrected chi connectivity index (χ4v) is 2.44. The Bertz CT molecular complexity index is 860. The summed E-state index contributed by atoms with van der Waals surface area (Å²) in [6.07, 6.45) is -8.06. The van der Waals surface area contributed by atoms with Gasteiger partial charge in [0.05, 0.1) is 5.69 Å². The van der Waals surface area contributed by atoms with Crippen LogP contribution in [-0.4, -0.2) is 17.7 Å². The van der Waals surface area contributed by atoms with Crippen LogP contribution in [0, 0.1) is 0 Å². The summed E-state index contributed by atoms with van der Waals surface area (Å²) in [5.41, 5.74) is 2.31. The molecule has 9 heteroatoms. The van der Waals surface area contributed by atoms with Crippen molar-refractivity contribution < 1.29 is 35.8 Å². The molecule has 0 N–H and O–H groups in total. The molecule has 0 amide bonds. The molecule has 1 aromatic heterocycles. The van der Waals surface area contributed by atoms with Gasteiger partial charge in [-0.25, -0.2) is 0 Å². The summed E-state index contributed by atoms with van der Waals surface area (Å²) >= 11 is 0. The van der Waals surface area contributed by atoms with Gasteiger partial charge in [-0.05, 0) is 59.7 Å². The fraction of sp³-hybridized carbons (Fsp3) is 0.105. The number of hydrogen-bond acceptors (Lipinski definition) is 3. The number of hydrogen-bond donors (Lipinski definition) is 0. The monoisotopic (exact) mass is 399 g/mol. The van der Waals surface area contributed by atoms with E-state index in [1.54, 1.807) is 12.1 Å². The second kappa shape index (κ2) is 7.41. The van der Waals surface area contributed by atoms with Crippen molar-refractivity contribution in [1.82, 2.24) is 4.98 Å². The normalized spacial score (nSPS) is 11.9. The number of nitrogens with zero attached hydrogens (tertiary/aromatic N) is 1. The maximum atomic E-state index is 12.2. The summed E-state index contributed by atoms with van der Waals surface area (Å²) in [4.78, 5) is 4.17. The molecular weight excluding hydrogens is 388 g/mol. The molecule has 2 aromatic carbocycles. The smallest absolute Gasteiger partial charge is 0.406 e. The van der Waals surface area contributed by atoms with Crippen LogP contribution < -0.4 is 9.47 Å². The third-order valence-electron chi connectivity index (χ3n) is 3.56. The number of alkyl halides is 6. The zero-order valence-electron chi connectivity index (χ0n) is 13.9. The van der Waals surface area contributed by atoms with Crippen molar-refractivity contribution in [2.24, 2.45) is 0 Å². The zero-order chi connectivity index (χ0) is 20.4.